The monoisotopic (exact) mass is 300 g/mol. The van der Waals surface area contributed by atoms with Gasteiger partial charge in [0.25, 0.3) is 0 Å². The molecule has 1 aromatic heterocycles. The fourth-order valence-corrected chi connectivity index (χ4v) is 5.04. The van der Waals surface area contributed by atoms with Gasteiger partial charge in [0.1, 0.15) is 0 Å². The minimum atomic E-state index is -3.33. The van der Waals surface area contributed by atoms with Gasteiger partial charge in [0, 0.05) is 23.5 Å². The average molecular weight is 300 g/mol. The van der Waals surface area contributed by atoms with Gasteiger partial charge in [-0.3, -0.25) is 0 Å². The molecule has 0 aliphatic heterocycles. The molecule has 1 aromatic rings. The van der Waals surface area contributed by atoms with Crippen LogP contribution in [0.2, 0.25) is 0 Å². The highest BCUT2D eigenvalue weighted by molar-refractivity contribution is 7.89. The molecule has 0 amide bonds. The van der Waals surface area contributed by atoms with Gasteiger partial charge in [-0.2, -0.15) is 0 Å². The number of hydrogen-bond donors (Lipinski definition) is 2. The van der Waals surface area contributed by atoms with E-state index in [1.807, 2.05) is 5.38 Å². The predicted octanol–water partition coefficient (Wildman–Crippen LogP) is 2.08. The van der Waals surface area contributed by atoms with Gasteiger partial charge in [-0.15, -0.1) is 11.3 Å². The highest BCUT2D eigenvalue weighted by atomic mass is 32.2. The van der Waals surface area contributed by atoms with Crippen LogP contribution in [0.4, 0.5) is 0 Å². The second-order valence-electron chi connectivity index (χ2n) is 5.50. The molecule has 1 heterocycles. The van der Waals surface area contributed by atoms with Crippen molar-refractivity contribution in [2.24, 2.45) is 5.92 Å². The maximum atomic E-state index is 12.4. The molecule has 0 radical (unpaired) electrons. The molecule has 0 aromatic carbocycles. The number of rotatable bonds is 7. The fraction of sp³-hybridized carbons (Fsp3) is 0.692. The molecule has 2 N–H and O–H groups in total. The number of nitrogens with one attached hydrogen (secondary N) is 2. The third-order valence-electron chi connectivity index (χ3n) is 3.88. The van der Waals surface area contributed by atoms with E-state index in [9.17, 15) is 8.42 Å². The van der Waals surface area contributed by atoms with Crippen molar-refractivity contribution in [3.05, 3.63) is 16.3 Å². The van der Waals surface area contributed by atoms with Gasteiger partial charge in [-0.1, -0.05) is 13.3 Å². The first-order chi connectivity index (χ1) is 9.10. The van der Waals surface area contributed by atoms with Crippen molar-refractivity contribution in [3.8, 4) is 0 Å². The predicted molar refractivity (Wildman–Crippen MR) is 76.7 cm³/mol. The minimum Gasteiger partial charge on any atom is -0.309 e. The van der Waals surface area contributed by atoms with E-state index in [2.05, 4.69) is 17.0 Å². The zero-order chi connectivity index (χ0) is 13.5. The Morgan fingerprint density at radius 3 is 2.84 bits per heavy atom. The summed E-state index contributed by atoms with van der Waals surface area (Å²) in [4.78, 5) is 1.39. The lowest BCUT2D eigenvalue weighted by molar-refractivity contribution is 0.574. The Morgan fingerprint density at radius 2 is 2.21 bits per heavy atom. The van der Waals surface area contributed by atoms with Crippen LogP contribution in [0.1, 0.15) is 37.5 Å². The Labute approximate surface area is 118 Å². The van der Waals surface area contributed by atoms with Crippen LogP contribution in [0, 0.1) is 5.92 Å². The van der Waals surface area contributed by atoms with E-state index in [0.717, 1.165) is 17.7 Å². The lowest BCUT2D eigenvalue weighted by Crippen LogP contribution is -2.28. The number of thiophene rings is 1. The van der Waals surface area contributed by atoms with Crippen LogP contribution in [-0.2, 0) is 16.6 Å². The summed E-state index contributed by atoms with van der Waals surface area (Å²) >= 11 is 1.52. The maximum Gasteiger partial charge on any atom is 0.241 e. The summed E-state index contributed by atoms with van der Waals surface area (Å²) in [6, 6.07) is 2.47. The van der Waals surface area contributed by atoms with Gasteiger partial charge in [0.15, 0.2) is 0 Å². The van der Waals surface area contributed by atoms with Crippen molar-refractivity contribution >= 4 is 21.4 Å². The van der Waals surface area contributed by atoms with E-state index in [0.29, 0.717) is 23.4 Å². The van der Waals surface area contributed by atoms with Crippen molar-refractivity contribution in [3.63, 3.8) is 0 Å². The molecule has 2 aliphatic rings. The van der Waals surface area contributed by atoms with Crippen LogP contribution in [0.3, 0.4) is 0 Å². The second-order valence-corrected chi connectivity index (χ2v) is 8.18. The maximum absolute atomic E-state index is 12.4. The zero-order valence-electron chi connectivity index (χ0n) is 11.1. The highest BCUT2D eigenvalue weighted by Crippen LogP contribution is 2.35. The molecule has 0 bridgehead atoms. The molecular weight excluding hydrogens is 280 g/mol. The van der Waals surface area contributed by atoms with E-state index >= 15 is 0 Å². The van der Waals surface area contributed by atoms with Gasteiger partial charge in [-0.05, 0) is 36.6 Å². The van der Waals surface area contributed by atoms with E-state index in [-0.39, 0.29) is 6.04 Å². The average Bonchev–Trinajstić information content (AvgIpc) is 3.27. The molecule has 2 atom stereocenters. The van der Waals surface area contributed by atoms with Crippen LogP contribution >= 0.6 is 11.3 Å². The summed E-state index contributed by atoms with van der Waals surface area (Å²) in [5.74, 6) is 0.529. The summed E-state index contributed by atoms with van der Waals surface area (Å²) < 4.78 is 27.5. The van der Waals surface area contributed by atoms with Crippen LogP contribution in [0.25, 0.3) is 0 Å². The number of sulfonamides is 1. The molecular formula is C13H20N2O2S2. The molecule has 2 saturated carbocycles. The van der Waals surface area contributed by atoms with Crippen molar-refractivity contribution in [1.29, 1.82) is 0 Å². The first kappa shape index (κ1) is 13.5. The Kier molecular flexibility index (Phi) is 3.68. The molecule has 106 valence electrons. The lowest BCUT2D eigenvalue weighted by Gasteiger charge is -2.08. The van der Waals surface area contributed by atoms with Gasteiger partial charge in [0.2, 0.25) is 10.0 Å². The topological polar surface area (TPSA) is 58.2 Å². The second kappa shape index (κ2) is 5.16. The third kappa shape index (κ3) is 3.18. The van der Waals surface area contributed by atoms with Crippen LogP contribution in [0.5, 0.6) is 0 Å². The quantitative estimate of drug-likeness (QED) is 0.810. The summed E-state index contributed by atoms with van der Waals surface area (Å²) in [5, 5.41) is 5.24. The summed E-state index contributed by atoms with van der Waals surface area (Å²) in [6.07, 6.45) is 4.46. The SMILES string of the molecule is CCC1CC1NS(=O)(=O)c1ccsc1CNC1CC1. The highest BCUT2D eigenvalue weighted by Gasteiger charge is 2.39. The van der Waals surface area contributed by atoms with Crippen molar-refractivity contribution in [1.82, 2.24) is 10.0 Å². The molecule has 4 nitrogen and oxygen atoms in total. The first-order valence-electron chi connectivity index (χ1n) is 6.92. The smallest absolute Gasteiger partial charge is 0.241 e. The zero-order valence-corrected chi connectivity index (χ0v) is 12.7. The van der Waals surface area contributed by atoms with Crippen LogP contribution < -0.4 is 10.0 Å². The molecule has 19 heavy (non-hydrogen) atoms. The summed E-state index contributed by atoms with van der Waals surface area (Å²) in [5.41, 5.74) is 0. The summed E-state index contributed by atoms with van der Waals surface area (Å²) in [7, 11) is -3.33. The van der Waals surface area contributed by atoms with E-state index < -0.39 is 10.0 Å². The standard InChI is InChI=1S/C13H20N2O2S2/c1-2-9-7-11(9)15-19(16,17)13-5-6-18-12(13)8-14-10-3-4-10/h5-6,9-11,14-15H,2-4,7-8H2,1H3. The molecule has 2 unspecified atom stereocenters. The Bertz CT molecular complexity index is 549. The molecule has 6 heteroatoms. The fourth-order valence-electron chi connectivity index (χ4n) is 2.33. The number of hydrogen-bond acceptors (Lipinski definition) is 4. The van der Waals surface area contributed by atoms with Crippen molar-refractivity contribution < 1.29 is 8.42 Å². The normalized spacial score (nSPS) is 26.6. The Morgan fingerprint density at radius 1 is 1.42 bits per heavy atom. The lowest BCUT2D eigenvalue weighted by atomic mass is 10.3. The third-order valence-corrected chi connectivity index (χ3v) is 6.50. The Balaban J connectivity index is 1.67. The largest absolute Gasteiger partial charge is 0.309 e. The van der Waals surface area contributed by atoms with Crippen LogP contribution in [-0.4, -0.2) is 20.5 Å². The first-order valence-corrected chi connectivity index (χ1v) is 9.28. The molecule has 0 spiro atoms. The van der Waals surface area contributed by atoms with Crippen molar-refractivity contribution in [2.75, 3.05) is 0 Å². The molecule has 3 rings (SSSR count). The van der Waals surface area contributed by atoms with E-state index in [4.69, 9.17) is 0 Å². The molecule has 2 fully saturated rings. The van der Waals surface area contributed by atoms with Crippen molar-refractivity contribution in [2.45, 2.75) is 56.1 Å². The van der Waals surface area contributed by atoms with E-state index in [1.54, 1.807) is 6.07 Å². The van der Waals surface area contributed by atoms with E-state index in [1.165, 1.54) is 24.2 Å². The Hall–Kier alpha value is -0.430. The van der Waals surface area contributed by atoms with Crippen LogP contribution in [0.15, 0.2) is 16.3 Å². The molecule has 2 aliphatic carbocycles. The molecule has 0 saturated heterocycles. The van der Waals surface area contributed by atoms with Gasteiger partial charge in [-0.25, -0.2) is 13.1 Å². The van der Waals surface area contributed by atoms with Gasteiger partial charge in [0.05, 0.1) is 4.90 Å². The van der Waals surface area contributed by atoms with Gasteiger partial charge < -0.3 is 5.32 Å². The minimum absolute atomic E-state index is 0.152. The van der Waals surface area contributed by atoms with Gasteiger partial charge >= 0.3 is 0 Å². The summed E-state index contributed by atoms with van der Waals surface area (Å²) in [6.45, 7) is 2.77.